The summed E-state index contributed by atoms with van der Waals surface area (Å²) in [4.78, 5) is 12.1. The lowest BCUT2D eigenvalue weighted by atomic mass is 9.97. The van der Waals surface area contributed by atoms with Crippen LogP contribution in [0.4, 0.5) is 0 Å². The smallest absolute Gasteiger partial charge is 0.317 e. The predicted octanol–water partition coefficient (Wildman–Crippen LogP) is 2.33. The van der Waals surface area contributed by atoms with Crippen molar-refractivity contribution in [1.82, 2.24) is 20.1 Å². The summed E-state index contributed by atoms with van der Waals surface area (Å²) in [5, 5.41) is 11.0. The van der Waals surface area contributed by atoms with Crippen molar-refractivity contribution in [3.05, 3.63) is 44.6 Å². The van der Waals surface area contributed by atoms with E-state index in [1.54, 1.807) is 18.2 Å². The quantitative estimate of drug-likeness (QED) is 0.894. The molecule has 1 aromatic carbocycles. The third kappa shape index (κ3) is 2.49. The molecule has 2 aromatic rings. The minimum atomic E-state index is -0.289. The molecule has 1 fully saturated rings. The van der Waals surface area contributed by atoms with Crippen molar-refractivity contribution in [2.45, 2.75) is 18.8 Å². The van der Waals surface area contributed by atoms with Crippen molar-refractivity contribution in [3.63, 3.8) is 0 Å². The number of H-pyrrole nitrogens is 1. The number of benzene rings is 1. The first-order chi connectivity index (χ1) is 9.66. The van der Waals surface area contributed by atoms with Gasteiger partial charge in [-0.2, -0.15) is 5.10 Å². The van der Waals surface area contributed by atoms with Crippen molar-refractivity contribution in [2.75, 3.05) is 13.1 Å². The molecule has 0 spiro atoms. The number of aromatic nitrogens is 3. The lowest BCUT2D eigenvalue weighted by molar-refractivity contribution is 0.440. The van der Waals surface area contributed by atoms with Gasteiger partial charge in [0.05, 0.1) is 10.7 Å². The van der Waals surface area contributed by atoms with Crippen LogP contribution in [0, 0.1) is 0 Å². The second kappa shape index (κ2) is 5.60. The van der Waals surface area contributed by atoms with E-state index >= 15 is 0 Å². The minimum absolute atomic E-state index is 0.241. The molecule has 1 aromatic heterocycles. The fourth-order valence-electron chi connectivity index (χ4n) is 2.55. The highest BCUT2D eigenvalue weighted by atomic mass is 35.5. The Kier molecular flexibility index (Phi) is 3.83. The Morgan fingerprint density at radius 3 is 2.75 bits per heavy atom. The molecular formula is C13H14Cl2N4O. The summed E-state index contributed by atoms with van der Waals surface area (Å²) in [7, 11) is 0. The molecule has 0 amide bonds. The van der Waals surface area contributed by atoms with E-state index in [4.69, 9.17) is 23.2 Å². The van der Waals surface area contributed by atoms with Gasteiger partial charge in [0.25, 0.3) is 0 Å². The third-order valence-corrected chi connectivity index (χ3v) is 4.11. The molecule has 3 rings (SSSR count). The number of hydrogen-bond donors (Lipinski definition) is 2. The Bertz CT molecular complexity index is 673. The maximum Gasteiger partial charge on any atom is 0.348 e. The molecule has 2 heterocycles. The second-order valence-corrected chi connectivity index (χ2v) is 5.69. The van der Waals surface area contributed by atoms with Crippen LogP contribution in [0.5, 0.6) is 0 Å². The van der Waals surface area contributed by atoms with Gasteiger partial charge >= 0.3 is 5.69 Å². The Balaban J connectivity index is 2.11. The molecule has 0 saturated carbocycles. The van der Waals surface area contributed by atoms with E-state index < -0.39 is 0 Å². The summed E-state index contributed by atoms with van der Waals surface area (Å²) in [6.45, 7) is 1.85. The molecule has 106 valence electrons. The van der Waals surface area contributed by atoms with Crippen LogP contribution in [0.25, 0.3) is 5.69 Å². The SMILES string of the molecule is O=c1[nH]nc(C2CCNCC2)n1-c1cc(Cl)ccc1Cl. The lowest BCUT2D eigenvalue weighted by Gasteiger charge is -2.22. The summed E-state index contributed by atoms with van der Waals surface area (Å²) in [6.07, 6.45) is 1.89. The number of nitrogens with one attached hydrogen (secondary N) is 2. The highest BCUT2D eigenvalue weighted by Gasteiger charge is 2.23. The van der Waals surface area contributed by atoms with Gasteiger partial charge in [-0.15, -0.1) is 0 Å². The molecule has 1 saturated heterocycles. The Hall–Kier alpha value is -1.30. The first kappa shape index (κ1) is 13.7. The fraction of sp³-hybridized carbons (Fsp3) is 0.385. The van der Waals surface area contributed by atoms with Crippen molar-refractivity contribution in [1.29, 1.82) is 0 Å². The molecule has 20 heavy (non-hydrogen) atoms. The number of rotatable bonds is 2. The lowest BCUT2D eigenvalue weighted by Crippen LogP contribution is -2.29. The van der Waals surface area contributed by atoms with E-state index in [0.717, 1.165) is 31.8 Å². The van der Waals surface area contributed by atoms with Gasteiger partial charge in [-0.3, -0.25) is 0 Å². The Morgan fingerprint density at radius 2 is 2.00 bits per heavy atom. The number of nitrogens with zero attached hydrogens (tertiary/aromatic N) is 2. The topological polar surface area (TPSA) is 62.7 Å². The molecule has 1 aliphatic heterocycles. The summed E-state index contributed by atoms with van der Waals surface area (Å²) in [5.74, 6) is 0.964. The molecule has 0 bridgehead atoms. The van der Waals surface area contributed by atoms with Crippen LogP contribution < -0.4 is 11.0 Å². The average molecular weight is 313 g/mol. The van der Waals surface area contributed by atoms with Gasteiger partial charge in [-0.1, -0.05) is 23.2 Å². The molecule has 0 radical (unpaired) electrons. The molecule has 0 atom stereocenters. The van der Waals surface area contributed by atoms with E-state index in [1.165, 1.54) is 4.57 Å². The summed E-state index contributed by atoms with van der Waals surface area (Å²) >= 11 is 12.2. The van der Waals surface area contributed by atoms with Gasteiger partial charge in [0.1, 0.15) is 5.82 Å². The molecule has 7 heteroatoms. The van der Waals surface area contributed by atoms with E-state index in [0.29, 0.717) is 15.7 Å². The van der Waals surface area contributed by atoms with Crippen molar-refractivity contribution >= 4 is 23.2 Å². The van der Waals surface area contributed by atoms with Crippen LogP contribution in [0.15, 0.2) is 23.0 Å². The van der Waals surface area contributed by atoms with Gasteiger partial charge in [-0.05, 0) is 44.1 Å². The molecule has 1 aliphatic rings. The van der Waals surface area contributed by atoms with Crippen LogP contribution in [0.1, 0.15) is 24.6 Å². The number of hydrogen-bond acceptors (Lipinski definition) is 3. The molecule has 5 nitrogen and oxygen atoms in total. The molecule has 2 N–H and O–H groups in total. The van der Waals surface area contributed by atoms with Crippen LogP contribution in [-0.4, -0.2) is 27.9 Å². The fourth-order valence-corrected chi connectivity index (χ4v) is 2.92. The van der Waals surface area contributed by atoms with E-state index in [2.05, 4.69) is 15.5 Å². The standard InChI is InChI=1S/C13H14Cl2N4O/c14-9-1-2-10(15)11(7-9)19-12(17-18-13(19)20)8-3-5-16-6-4-8/h1-2,7-8,16H,3-6H2,(H,18,20). The zero-order valence-electron chi connectivity index (χ0n) is 10.7. The third-order valence-electron chi connectivity index (χ3n) is 3.55. The molecule has 0 unspecified atom stereocenters. The average Bonchev–Trinajstić information content (AvgIpc) is 2.84. The maximum atomic E-state index is 12.1. The van der Waals surface area contributed by atoms with Gasteiger partial charge in [0.2, 0.25) is 0 Å². The summed E-state index contributed by atoms with van der Waals surface area (Å²) in [6, 6.07) is 5.07. The van der Waals surface area contributed by atoms with Gasteiger partial charge in [0.15, 0.2) is 0 Å². The van der Waals surface area contributed by atoms with E-state index in [-0.39, 0.29) is 11.6 Å². The highest BCUT2D eigenvalue weighted by Crippen LogP contribution is 2.28. The minimum Gasteiger partial charge on any atom is -0.317 e. The monoisotopic (exact) mass is 312 g/mol. The van der Waals surface area contributed by atoms with Crippen molar-refractivity contribution in [2.24, 2.45) is 0 Å². The number of piperidine rings is 1. The second-order valence-electron chi connectivity index (χ2n) is 4.84. The van der Waals surface area contributed by atoms with Crippen LogP contribution in [-0.2, 0) is 0 Å². The first-order valence-electron chi connectivity index (χ1n) is 6.50. The van der Waals surface area contributed by atoms with E-state index in [1.807, 2.05) is 0 Å². The maximum absolute atomic E-state index is 12.1. The van der Waals surface area contributed by atoms with Crippen molar-refractivity contribution < 1.29 is 0 Å². The Morgan fingerprint density at radius 1 is 1.25 bits per heavy atom. The van der Waals surface area contributed by atoms with Crippen LogP contribution >= 0.6 is 23.2 Å². The van der Waals surface area contributed by atoms with E-state index in [9.17, 15) is 4.79 Å². The zero-order valence-corrected chi connectivity index (χ0v) is 12.2. The number of aromatic amines is 1. The predicted molar refractivity (Wildman–Crippen MR) is 79.0 cm³/mol. The largest absolute Gasteiger partial charge is 0.348 e. The van der Waals surface area contributed by atoms with Gasteiger partial charge in [-0.25, -0.2) is 14.5 Å². The molecule has 0 aliphatic carbocycles. The zero-order chi connectivity index (χ0) is 14.1. The molecular weight excluding hydrogens is 299 g/mol. The summed E-state index contributed by atoms with van der Waals surface area (Å²) < 4.78 is 1.53. The van der Waals surface area contributed by atoms with Crippen LogP contribution in [0.3, 0.4) is 0 Å². The summed E-state index contributed by atoms with van der Waals surface area (Å²) in [5.41, 5.74) is 0.286. The van der Waals surface area contributed by atoms with Gasteiger partial charge < -0.3 is 5.32 Å². The first-order valence-corrected chi connectivity index (χ1v) is 7.26. The highest BCUT2D eigenvalue weighted by molar-refractivity contribution is 6.34. The number of halogens is 2. The van der Waals surface area contributed by atoms with Gasteiger partial charge in [0, 0.05) is 10.9 Å². The Labute approximate surface area is 125 Å². The van der Waals surface area contributed by atoms with Crippen LogP contribution in [0.2, 0.25) is 10.0 Å². The van der Waals surface area contributed by atoms with Crippen molar-refractivity contribution in [3.8, 4) is 5.69 Å². The normalized spacial score (nSPS) is 16.5.